The predicted octanol–water partition coefficient (Wildman–Crippen LogP) is 4.34. The molecular weight excluding hydrogens is 192 g/mol. The van der Waals surface area contributed by atoms with Crippen LogP contribution in [0, 0.1) is 0 Å². The highest BCUT2D eigenvalue weighted by Gasteiger charge is 2.13. The summed E-state index contributed by atoms with van der Waals surface area (Å²) in [5, 5.41) is 0.928. The normalized spacial score (nSPS) is 16.4. The molecule has 0 unspecified atom stereocenters. The number of rotatable bonds is 2. The Kier molecular flexibility index (Phi) is 2.93. The lowest BCUT2D eigenvalue weighted by atomic mass is 9.95. The van der Waals surface area contributed by atoms with Crippen molar-refractivity contribution in [3.8, 4) is 0 Å². The Bertz CT molecular complexity index is 344. The molecule has 14 heavy (non-hydrogen) atoms. The van der Waals surface area contributed by atoms with E-state index in [2.05, 4.69) is 37.3 Å². The maximum absolute atomic E-state index is 6.19. The van der Waals surface area contributed by atoms with Crippen LogP contribution in [0.5, 0.6) is 0 Å². The van der Waals surface area contributed by atoms with Crippen LogP contribution in [0.15, 0.2) is 30.4 Å². The zero-order valence-corrected chi connectivity index (χ0v) is 9.22. The van der Waals surface area contributed by atoms with Crippen LogP contribution in [0.25, 0.3) is 0 Å². The van der Waals surface area contributed by atoms with Gasteiger partial charge in [-0.3, -0.25) is 0 Å². The van der Waals surface area contributed by atoms with E-state index in [9.17, 15) is 0 Å². The van der Waals surface area contributed by atoms with Gasteiger partial charge in [-0.15, -0.1) is 0 Å². The van der Waals surface area contributed by atoms with Crippen LogP contribution >= 0.6 is 11.6 Å². The first-order valence-electron chi connectivity index (χ1n) is 5.24. The van der Waals surface area contributed by atoms with Crippen LogP contribution in [0.1, 0.15) is 36.8 Å². The van der Waals surface area contributed by atoms with Crippen LogP contribution < -0.4 is 0 Å². The first kappa shape index (κ1) is 9.79. The predicted molar refractivity (Wildman–Crippen MR) is 61.9 cm³/mol. The van der Waals surface area contributed by atoms with Crippen LogP contribution in [-0.2, 0) is 6.42 Å². The molecule has 1 aromatic carbocycles. The second-order valence-corrected chi connectivity index (χ2v) is 4.25. The summed E-state index contributed by atoms with van der Waals surface area (Å²) in [6.07, 6.45) is 7.87. The van der Waals surface area contributed by atoms with Gasteiger partial charge in [-0.05, 0) is 42.4 Å². The van der Waals surface area contributed by atoms with Crippen molar-refractivity contribution in [2.45, 2.75) is 32.1 Å². The summed E-state index contributed by atoms with van der Waals surface area (Å²) in [5.41, 5.74) is 2.64. The molecule has 0 atom stereocenters. The summed E-state index contributed by atoms with van der Waals surface area (Å²) >= 11 is 6.19. The van der Waals surface area contributed by atoms with E-state index in [1.165, 1.54) is 24.0 Å². The Morgan fingerprint density at radius 1 is 1.29 bits per heavy atom. The molecule has 1 aliphatic rings. The third kappa shape index (κ3) is 1.85. The number of hydrogen-bond acceptors (Lipinski definition) is 0. The summed E-state index contributed by atoms with van der Waals surface area (Å²) in [7, 11) is 0. The van der Waals surface area contributed by atoms with Crippen molar-refractivity contribution in [3.05, 3.63) is 46.5 Å². The van der Waals surface area contributed by atoms with Gasteiger partial charge in [-0.2, -0.15) is 0 Å². The van der Waals surface area contributed by atoms with Gasteiger partial charge in [0.1, 0.15) is 0 Å². The van der Waals surface area contributed by atoms with E-state index in [0.29, 0.717) is 5.92 Å². The first-order chi connectivity index (χ1) is 6.81. The van der Waals surface area contributed by atoms with Crippen molar-refractivity contribution >= 4 is 11.6 Å². The lowest BCUT2D eigenvalue weighted by Crippen LogP contribution is -1.94. The lowest BCUT2D eigenvalue weighted by Gasteiger charge is -2.11. The maximum Gasteiger partial charge on any atom is 0.0440 e. The molecular formula is C13H15Cl. The Hall–Kier alpha value is -0.750. The molecule has 0 spiro atoms. The van der Waals surface area contributed by atoms with Gasteiger partial charge in [-0.1, -0.05) is 42.8 Å². The Morgan fingerprint density at radius 2 is 2.00 bits per heavy atom. The minimum absolute atomic E-state index is 0.665. The summed E-state index contributed by atoms with van der Waals surface area (Å²) in [6, 6.07) is 6.52. The fourth-order valence-corrected chi connectivity index (χ4v) is 2.32. The van der Waals surface area contributed by atoms with Gasteiger partial charge in [0, 0.05) is 5.02 Å². The molecule has 0 saturated carbocycles. The number of aryl methyl sites for hydroxylation is 1. The molecule has 0 bridgehead atoms. The summed E-state index contributed by atoms with van der Waals surface area (Å²) in [6.45, 7) is 2.14. The number of halogens is 1. The molecule has 1 aliphatic carbocycles. The molecule has 1 heteroatoms. The van der Waals surface area contributed by atoms with Gasteiger partial charge >= 0.3 is 0 Å². The first-order valence-corrected chi connectivity index (χ1v) is 5.62. The van der Waals surface area contributed by atoms with Crippen molar-refractivity contribution in [1.29, 1.82) is 0 Å². The van der Waals surface area contributed by atoms with Gasteiger partial charge in [0.15, 0.2) is 0 Å². The molecule has 74 valence electrons. The fraction of sp³-hybridized carbons (Fsp3) is 0.385. The topological polar surface area (TPSA) is 0 Å². The summed E-state index contributed by atoms with van der Waals surface area (Å²) in [4.78, 5) is 0. The highest BCUT2D eigenvalue weighted by atomic mass is 35.5. The van der Waals surface area contributed by atoms with Crippen LogP contribution in [0.3, 0.4) is 0 Å². The molecule has 0 heterocycles. The quantitative estimate of drug-likeness (QED) is 0.632. The SMILES string of the molecule is CCc1ccc(C2CC=CC2)cc1Cl. The van der Waals surface area contributed by atoms with E-state index >= 15 is 0 Å². The summed E-state index contributed by atoms with van der Waals surface area (Å²) in [5.74, 6) is 0.665. The van der Waals surface area contributed by atoms with E-state index in [0.717, 1.165) is 11.4 Å². The van der Waals surface area contributed by atoms with Crippen molar-refractivity contribution in [2.75, 3.05) is 0 Å². The van der Waals surface area contributed by atoms with Crippen LogP contribution in [-0.4, -0.2) is 0 Å². The molecule has 0 saturated heterocycles. The Balaban J connectivity index is 2.23. The van der Waals surface area contributed by atoms with E-state index in [1.54, 1.807) is 0 Å². The Morgan fingerprint density at radius 3 is 2.57 bits per heavy atom. The maximum atomic E-state index is 6.19. The van der Waals surface area contributed by atoms with Crippen molar-refractivity contribution in [2.24, 2.45) is 0 Å². The lowest BCUT2D eigenvalue weighted by molar-refractivity contribution is 0.753. The van der Waals surface area contributed by atoms with Crippen molar-refractivity contribution in [3.63, 3.8) is 0 Å². The van der Waals surface area contributed by atoms with E-state index in [1.807, 2.05) is 0 Å². The monoisotopic (exact) mass is 206 g/mol. The van der Waals surface area contributed by atoms with Crippen LogP contribution in [0.2, 0.25) is 5.02 Å². The highest BCUT2D eigenvalue weighted by Crippen LogP contribution is 2.31. The average Bonchev–Trinajstić information content (AvgIpc) is 2.70. The van der Waals surface area contributed by atoms with Crippen LogP contribution in [0.4, 0.5) is 0 Å². The van der Waals surface area contributed by atoms with Gasteiger partial charge in [0.05, 0.1) is 0 Å². The highest BCUT2D eigenvalue weighted by molar-refractivity contribution is 6.31. The average molecular weight is 207 g/mol. The molecule has 0 fully saturated rings. The molecule has 0 amide bonds. The number of hydrogen-bond donors (Lipinski definition) is 0. The van der Waals surface area contributed by atoms with Crippen molar-refractivity contribution < 1.29 is 0 Å². The second-order valence-electron chi connectivity index (χ2n) is 3.84. The molecule has 2 rings (SSSR count). The van der Waals surface area contributed by atoms with E-state index < -0.39 is 0 Å². The van der Waals surface area contributed by atoms with E-state index in [4.69, 9.17) is 11.6 Å². The standard InChI is InChI=1S/C13H15Cl/c1-2-10-7-8-12(9-13(10)14)11-5-3-4-6-11/h3-4,7-9,11H,2,5-6H2,1H3. The minimum atomic E-state index is 0.665. The molecule has 0 nitrogen and oxygen atoms in total. The van der Waals surface area contributed by atoms with Gasteiger partial charge in [0.25, 0.3) is 0 Å². The fourth-order valence-electron chi connectivity index (χ4n) is 1.99. The molecule has 1 aromatic rings. The number of allylic oxidation sites excluding steroid dienone is 2. The molecule has 0 N–H and O–H groups in total. The Labute approximate surface area is 90.6 Å². The van der Waals surface area contributed by atoms with Gasteiger partial charge < -0.3 is 0 Å². The molecule has 0 aliphatic heterocycles. The molecule has 0 aromatic heterocycles. The number of benzene rings is 1. The summed E-state index contributed by atoms with van der Waals surface area (Å²) < 4.78 is 0. The third-order valence-electron chi connectivity index (χ3n) is 2.94. The molecule has 0 radical (unpaired) electrons. The zero-order chi connectivity index (χ0) is 9.97. The van der Waals surface area contributed by atoms with Crippen molar-refractivity contribution in [1.82, 2.24) is 0 Å². The second kappa shape index (κ2) is 4.18. The smallest absolute Gasteiger partial charge is 0.0440 e. The van der Waals surface area contributed by atoms with Gasteiger partial charge in [0.2, 0.25) is 0 Å². The zero-order valence-electron chi connectivity index (χ0n) is 8.46. The van der Waals surface area contributed by atoms with E-state index in [-0.39, 0.29) is 0 Å². The minimum Gasteiger partial charge on any atom is -0.0879 e. The largest absolute Gasteiger partial charge is 0.0879 e. The van der Waals surface area contributed by atoms with Gasteiger partial charge in [-0.25, -0.2) is 0 Å². The third-order valence-corrected chi connectivity index (χ3v) is 3.29.